The van der Waals surface area contributed by atoms with Gasteiger partial charge in [-0.05, 0) is 18.6 Å². The second kappa shape index (κ2) is 3.68. The number of benzene rings is 1. The molecular weight excluding hydrogens is 194 g/mol. The van der Waals surface area contributed by atoms with Crippen molar-refractivity contribution in [3.63, 3.8) is 0 Å². The van der Waals surface area contributed by atoms with Crippen molar-refractivity contribution in [3.8, 4) is 0 Å². The smallest absolute Gasteiger partial charge is 0.307 e. The lowest BCUT2D eigenvalue weighted by Gasteiger charge is -2.02. The van der Waals surface area contributed by atoms with Gasteiger partial charge in [0.15, 0.2) is 0 Å². The first-order chi connectivity index (χ1) is 7.22. The van der Waals surface area contributed by atoms with Crippen LogP contribution in [0, 0.1) is 0 Å². The predicted molar refractivity (Wildman–Crippen MR) is 54.5 cm³/mol. The van der Waals surface area contributed by atoms with Crippen LogP contribution in [-0.4, -0.2) is 26.1 Å². The number of aromatic nitrogens is 3. The highest BCUT2D eigenvalue weighted by Crippen LogP contribution is 2.16. The van der Waals surface area contributed by atoms with Gasteiger partial charge in [-0.1, -0.05) is 17.3 Å². The third-order valence-corrected chi connectivity index (χ3v) is 2.26. The molecule has 1 aromatic carbocycles. The summed E-state index contributed by atoms with van der Waals surface area (Å²) in [7, 11) is 0. The second-order valence-electron chi connectivity index (χ2n) is 3.26. The van der Waals surface area contributed by atoms with Gasteiger partial charge in [0.1, 0.15) is 5.52 Å². The molecule has 0 amide bonds. The summed E-state index contributed by atoms with van der Waals surface area (Å²) in [4.78, 5) is 10.7. The average Bonchev–Trinajstić information content (AvgIpc) is 2.61. The zero-order valence-corrected chi connectivity index (χ0v) is 8.34. The van der Waals surface area contributed by atoms with Crippen molar-refractivity contribution < 1.29 is 9.90 Å². The number of hydrogen-bond acceptors (Lipinski definition) is 3. The van der Waals surface area contributed by atoms with E-state index in [0.29, 0.717) is 6.54 Å². The summed E-state index contributed by atoms with van der Waals surface area (Å²) in [6.45, 7) is 2.64. The third kappa shape index (κ3) is 1.68. The van der Waals surface area contributed by atoms with Crippen LogP contribution < -0.4 is 0 Å². The average molecular weight is 205 g/mol. The molecule has 2 aromatic rings. The van der Waals surface area contributed by atoms with Gasteiger partial charge in [-0.3, -0.25) is 4.79 Å². The highest BCUT2D eigenvalue weighted by atomic mass is 16.4. The largest absolute Gasteiger partial charge is 0.481 e. The van der Waals surface area contributed by atoms with Crippen LogP contribution in [0.1, 0.15) is 12.5 Å². The normalized spacial score (nSPS) is 10.7. The molecule has 0 aliphatic carbocycles. The molecule has 1 aromatic heterocycles. The van der Waals surface area contributed by atoms with Crippen molar-refractivity contribution in [2.45, 2.75) is 19.9 Å². The molecular formula is C10H11N3O2. The molecule has 0 aliphatic rings. The molecule has 0 atom stereocenters. The molecule has 0 bridgehead atoms. The van der Waals surface area contributed by atoms with Gasteiger partial charge < -0.3 is 5.11 Å². The SMILES string of the molecule is CCn1nnc2cccc(CC(=O)O)c21. The Labute approximate surface area is 86.3 Å². The number of carboxylic acids is 1. The number of rotatable bonds is 3. The maximum atomic E-state index is 10.7. The predicted octanol–water partition coefficient (Wildman–Crippen LogP) is 1.08. The van der Waals surface area contributed by atoms with Crippen LogP contribution in [0.3, 0.4) is 0 Å². The van der Waals surface area contributed by atoms with Gasteiger partial charge in [-0.15, -0.1) is 5.10 Å². The molecule has 2 rings (SSSR count). The van der Waals surface area contributed by atoms with E-state index >= 15 is 0 Å². The Morgan fingerprint density at radius 1 is 1.53 bits per heavy atom. The van der Waals surface area contributed by atoms with E-state index in [9.17, 15) is 4.79 Å². The summed E-state index contributed by atoms with van der Waals surface area (Å²) in [6.07, 6.45) is 0.00468. The van der Waals surface area contributed by atoms with Crippen LogP contribution in [-0.2, 0) is 17.8 Å². The first kappa shape index (κ1) is 9.64. The molecule has 5 nitrogen and oxygen atoms in total. The van der Waals surface area contributed by atoms with Crippen LogP contribution in [0.5, 0.6) is 0 Å². The van der Waals surface area contributed by atoms with E-state index in [4.69, 9.17) is 5.11 Å². The highest BCUT2D eigenvalue weighted by Gasteiger charge is 2.10. The second-order valence-corrected chi connectivity index (χ2v) is 3.26. The van der Waals surface area contributed by atoms with Crippen LogP contribution in [0.2, 0.25) is 0 Å². The van der Waals surface area contributed by atoms with E-state index in [-0.39, 0.29) is 6.42 Å². The number of aliphatic carboxylic acids is 1. The molecule has 0 aliphatic heterocycles. The van der Waals surface area contributed by atoms with Gasteiger partial charge in [0.05, 0.1) is 11.9 Å². The minimum Gasteiger partial charge on any atom is -0.481 e. The van der Waals surface area contributed by atoms with Crippen LogP contribution in [0.25, 0.3) is 11.0 Å². The van der Waals surface area contributed by atoms with Crippen molar-refractivity contribution in [2.24, 2.45) is 0 Å². The van der Waals surface area contributed by atoms with E-state index in [1.807, 2.05) is 13.0 Å². The molecule has 0 unspecified atom stereocenters. The Kier molecular flexibility index (Phi) is 2.37. The lowest BCUT2D eigenvalue weighted by molar-refractivity contribution is -0.136. The molecule has 5 heteroatoms. The molecule has 15 heavy (non-hydrogen) atoms. The molecule has 1 N–H and O–H groups in total. The zero-order valence-electron chi connectivity index (χ0n) is 8.34. The maximum Gasteiger partial charge on any atom is 0.307 e. The number of para-hydroxylation sites is 1. The standard InChI is InChI=1S/C10H11N3O2/c1-2-13-10-7(6-9(14)15)4-3-5-8(10)11-12-13/h3-5H,2,6H2,1H3,(H,14,15). The summed E-state index contributed by atoms with van der Waals surface area (Å²) < 4.78 is 1.72. The summed E-state index contributed by atoms with van der Waals surface area (Å²) in [5.41, 5.74) is 2.32. The Morgan fingerprint density at radius 3 is 3.00 bits per heavy atom. The number of fused-ring (bicyclic) bond motifs is 1. The summed E-state index contributed by atoms with van der Waals surface area (Å²) in [5, 5.41) is 16.7. The number of aryl methyl sites for hydroxylation is 1. The molecule has 1 heterocycles. The van der Waals surface area contributed by atoms with E-state index in [1.165, 1.54) is 0 Å². The Balaban J connectivity index is 2.61. The van der Waals surface area contributed by atoms with Crippen LogP contribution in [0.15, 0.2) is 18.2 Å². The first-order valence-corrected chi connectivity index (χ1v) is 4.75. The fourth-order valence-corrected chi connectivity index (χ4v) is 1.63. The Bertz CT molecular complexity index is 504. The van der Waals surface area contributed by atoms with Crippen LogP contribution >= 0.6 is 0 Å². The van der Waals surface area contributed by atoms with Gasteiger partial charge in [-0.25, -0.2) is 4.68 Å². The van der Waals surface area contributed by atoms with Crippen molar-refractivity contribution in [2.75, 3.05) is 0 Å². The van der Waals surface area contributed by atoms with E-state index in [0.717, 1.165) is 16.6 Å². The molecule has 0 saturated heterocycles. The van der Waals surface area contributed by atoms with Crippen molar-refractivity contribution in [3.05, 3.63) is 23.8 Å². The quantitative estimate of drug-likeness (QED) is 0.814. The van der Waals surface area contributed by atoms with Gasteiger partial charge >= 0.3 is 5.97 Å². The lowest BCUT2D eigenvalue weighted by Crippen LogP contribution is -2.04. The van der Waals surface area contributed by atoms with Crippen molar-refractivity contribution >= 4 is 17.0 Å². The summed E-state index contributed by atoms with van der Waals surface area (Å²) in [5.74, 6) is -0.841. The molecule has 78 valence electrons. The minimum atomic E-state index is -0.841. The third-order valence-electron chi connectivity index (χ3n) is 2.26. The summed E-state index contributed by atoms with van der Waals surface area (Å²) in [6, 6.07) is 5.43. The number of carboxylic acid groups (broad SMARTS) is 1. The van der Waals surface area contributed by atoms with E-state index < -0.39 is 5.97 Å². The number of nitrogens with zero attached hydrogens (tertiary/aromatic N) is 3. The highest BCUT2D eigenvalue weighted by molar-refractivity contribution is 5.83. The maximum absolute atomic E-state index is 10.7. The zero-order chi connectivity index (χ0) is 10.8. The van der Waals surface area contributed by atoms with Gasteiger partial charge in [0.2, 0.25) is 0 Å². The topological polar surface area (TPSA) is 68.0 Å². The monoisotopic (exact) mass is 205 g/mol. The minimum absolute atomic E-state index is 0.00468. The fourth-order valence-electron chi connectivity index (χ4n) is 1.63. The molecule has 0 fully saturated rings. The van der Waals surface area contributed by atoms with Gasteiger partial charge in [0, 0.05) is 6.54 Å². The lowest BCUT2D eigenvalue weighted by atomic mass is 10.1. The Hall–Kier alpha value is -1.91. The Morgan fingerprint density at radius 2 is 2.33 bits per heavy atom. The van der Waals surface area contributed by atoms with Crippen LogP contribution in [0.4, 0.5) is 0 Å². The van der Waals surface area contributed by atoms with E-state index in [1.54, 1.807) is 16.8 Å². The number of carbonyl (C=O) groups is 1. The van der Waals surface area contributed by atoms with E-state index in [2.05, 4.69) is 10.3 Å². The number of hydrogen-bond donors (Lipinski definition) is 1. The summed E-state index contributed by atoms with van der Waals surface area (Å²) >= 11 is 0. The van der Waals surface area contributed by atoms with Gasteiger partial charge in [0.25, 0.3) is 0 Å². The van der Waals surface area contributed by atoms with Crippen molar-refractivity contribution in [1.29, 1.82) is 0 Å². The van der Waals surface area contributed by atoms with Gasteiger partial charge in [-0.2, -0.15) is 0 Å². The van der Waals surface area contributed by atoms with Crippen molar-refractivity contribution in [1.82, 2.24) is 15.0 Å². The first-order valence-electron chi connectivity index (χ1n) is 4.75. The fraction of sp³-hybridized carbons (Fsp3) is 0.300. The molecule has 0 spiro atoms. The molecule has 0 saturated carbocycles. The molecule has 0 radical (unpaired) electrons.